The summed E-state index contributed by atoms with van der Waals surface area (Å²) in [5.41, 5.74) is 1.78. The predicted molar refractivity (Wildman–Crippen MR) is 131 cm³/mol. The third-order valence-electron chi connectivity index (χ3n) is 5.83. The lowest BCUT2D eigenvalue weighted by Crippen LogP contribution is -2.21. The van der Waals surface area contributed by atoms with Crippen LogP contribution in [0.3, 0.4) is 0 Å². The zero-order chi connectivity index (χ0) is 22.8. The second kappa shape index (κ2) is 8.96. The Bertz CT molecular complexity index is 1370. The first-order valence-electron chi connectivity index (χ1n) is 10.8. The van der Waals surface area contributed by atoms with Gasteiger partial charge in [-0.05, 0) is 66.3 Å². The van der Waals surface area contributed by atoms with Gasteiger partial charge in [-0.1, -0.05) is 18.2 Å². The van der Waals surface area contributed by atoms with E-state index in [0.717, 1.165) is 47.3 Å². The van der Waals surface area contributed by atoms with Crippen molar-refractivity contribution < 1.29 is 13.2 Å². The Morgan fingerprint density at radius 2 is 1.79 bits per heavy atom. The van der Waals surface area contributed by atoms with Crippen molar-refractivity contribution >= 4 is 42.9 Å². The van der Waals surface area contributed by atoms with Gasteiger partial charge in [-0.15, -0.1) is 11.3 Å². The number of benzene rings is 2. The summed E-state index contributed by atoms with van der Waals surface area (Å²) in [4.78, 5) is 20.0. The summed E-state index contributed by atoms with van der Waals surface area (Å²) in [7, 11) is -3.62. The van der Waals surface area contributed by atoms with Crippen molar-refractivity contribution in [2.75, 3.05) is 18.0 Å². The molecule has 4 aromatic rings. The summed E-state index contributed by atoms with van der Waals surface area (Å²) >= 11 is 1.40. The lowest BCUT2D eigenvalue weighted by atomic mass is 10.2. The van der Waals surface area contributed by atoms with Gasteiger partial charge in [0, 0.05) is 37.7 Å². The fraction of sp³-hybridized carbons (Fsp3) is 0.200. The summed E-state index contributed by atoms with van der Waals surface area (Å²) in [6.45, 7) is 2.24. The Labute approximate surface area is 196 Å². The number of nitrogens with one attached hydrogen (secondary N) is 1. The number of aromatic nitrogens is 1. The van der Waals surface area contributed by atoms with Gasteiger partial charge in [0.15, 0.2) is 0 Å². The smallest absolute Gasteiger partial charge is 0.261 e. The number of nitrogens with zero attached hydrogens (tertiary/aromatic N) is 2. The molecule has 0 radical (unpaired) electrons. The highest BCUT2D eigenvalue weighted by Gasteiger charge is 2.20. The van der Waals surface area contributed by atoms with Gasteiger partial charge < -0.3 is 10.2 Å². The van der Waals surface area contributed by atoms with Crippen molar-refractivity contribution in [1.29, 1.82) is 0 Å². The SMILES string of the molecule is O=C(NCc1ccc(S(=O)(=O)c2cccc(N3CCCC3)c2)cc1)c1cc2ccncc2s1. The average molecular weight is 478 g/mol. The highest BCUT2D eigenvalue weighted by Crippen LogP contribution is 2.27. The van der Waals surface area contributed by atoms with E-state index in [2.05, 4.69) is 15.2 Å². The molecular formula is C25H23N3O3S2. The van der Waals surface area contributed by atoms with Crippen molar-refractivity contribution in [3.8, 4) is 0 Å². The number of hydrogen-bond donors (Lipinski definition) is 1. The number of anilines is 1. The van der Waals surface area contributed by atoms with Gasteiger partial charge >= 0.3 is 0 Å². The van der Waals surface area contributed by atoms with Gasteiger partial charge in [0.2, 0.25) is 9.84 Å². The number of carbonyl (C=O) groups excluding carboxylic acids is 1. The summed E-state index contributed by atoms with van der Waals surface area (Å²) in [5.74, 6) is -0.161. The topological polar surface area (TPSA) is 79.4 Å². The number of fused-ring (bicyclic) bond motifs is 1. The Kier molecular flexibility index (Phi) is 5.86. The zero-order valence-corrected chi connectivity index (χ0v) is 19.5. The van der Waals surface area contributed by atoms with E-state index in [1.54, 1.807) is 54.9 Å². The molecule has 0 bridgehead atoms. The van der Waals surface area contributed by atoms with E-state index >= 15 is 0 Å². The molecule has 1 N–H and O–H groups in total. The van der Waals surface area contributed by atoms with Gasteiger partial charge in [0.1, 0.15) is 0 Å². The molecule has 1 aliphatic rings. The molecule has 6 nitrogen and oxygen atoms in total. The first kappa shape index (κ1) is 21.6. The molecule has 0 spiro atoms. The van der Waals surface area contributed by atoms with E-state index in [9.17, 15) is 13.2 Å². The van der Waals surface area contributed by atoms with Crippen molar-refractivity contribution in [2.45, 2.75) is 29.2 Å². The fourth-order valence-electron chi connectivity index (χ4n) is 4.01. The standard InChI is InChI=1S/C25H23N3O3S2/c29-25(23-14-19-10-11-26-17-24(19)32-23)27-16-18-6-8-21(9-7-18)33(30,31)22-5-3-4-20(15-22)28-12-1-2-13-28/h3-11,14-15,17H,1-2,12-13,16H2,(H,27,29). The normalized spacial score (nSPS) is 14.0. The number of sulfone groups is 1. The van der Waals surface area contributed by atoms with Crippen LogP contribution in [0.5, 0.6) is 0 Å². The van der Waals surface area contributed by atoms with Crippen molar-refractivity contribution in [2.24, 2.45) is 0 Å². The Morgan fingerprint density at radius 3 is 2.55 bits per heavy atom. The van der Waals surface area contributed by atoms with Gasteiger partial charge in [0.05, 0.1) is 19.4 Å². The largest absolute Gasteiger partial charge is 0.372 e. The Hall–Kier alpha value is -3.23. The maximum Gasteiger partial charge on any atom is 0.261 e. The number of amides is 1. The Morgan fingerprint density at radius 1 is 1.00 bits per heavy atom. The minimum absolute atomic E-state index is 0.161. The average Bonchev–Trinajstić information content (AvgIpc) is 3.53. The first-order valence-corrected chi connectivity index (χ1v) is 13.1. The summed E-state index contributed by atoms with van der Waals surface area (Å²) in [6, 6.07) is 17.6. The lowest BCUT2D eigenvalue weighted by Gasteiger charge is -2.18. The molecule has 2 aromatic carbocycles. The highest BCUT2D eigenvalue weighted by molar-refractivity contribution is 7.91. The molecule has 8 heteroatoms. The van der Waals surface area contributed by atoms with Gasteiger partial charge in [-0.25, -0.2) is 8.42 Å². The summed E-state index contributed by atoms with van der Waals surface area (Å²) < 4.78 is 27.3. The van der Waals surface area contributed by atoms with Crippen LogP contribution in [0.25, 0.3) is 10.1 Å². The van der Waals surface area contributed by atoms with E-state index in [0.29, 0.717) is 16.3 Å². The van der Waals surface area contributed by atoms with Gasteiger partial charge in [0.25, 0.3) is 5.91 Å². The fourth-order valence-corrected chi connectivity index (χ4v) is 6.26. The quantitative estimate of drug-likeness (QED) is 0.437. The predicted octanol–water partition coefficient (Wildman–Crippen LogP) is 4.66. The maximum atomic E-state index is 13.2. The Balaban J connectivity index is 1.28. The molecule has 0 unspecified atom stereocenters. The van der Waals surface area contributed by atoms with Crippen LogP contribution >= 0.6 is 11.3 Å². The van der Waals surface area contributed by atoms with Crippen LogP contribution in [0.4, 0.5) is 5.69 Å². The minimum Gasteiger partial charge on any atom is -0.372 e. The number of hydrogen-bond acceptors (Lipinski definition) is 6. The second-order valence-electron chi connectivity index (χ2n) is 8.05. The zero-order valence-electron chi connectivity index (χ0n) is 17.9. The lowest BCUT2D eigenvalue weighted by molar-refractivity contribution is 0.0955. The second-order valence-corrected chi connectivity index (χ2v) is 11.1. The number of carbonyl (C=O) groups is 1. The molecule has 1 aliphatic heterocycles. The molecule has 0 atom stereocenters. The van der Waals surface area contributed by atoms with Crippen LogP contribution < -0.4 is 10.2 Å². The summed E-state index contributed by atoms with van der Waals surface area (Å²) in [5, 5.41) is 3.89. The highest BCUT2D eigenvalue weighted by atomic mass is 32.2. The van der Waals surface area contributed by atoms with E-state index in [1.165, 1.54) is 11.3 Å². The van der Waals surface area contributed by atoms with Crippen LogP contribution in [0.1, 0.15) is 28.1 Å². The van der Waals surface area contributed by atoms with Gasteiger partial charge in [-0.3, -0.25) is 9.78 Å². The molecule has 0 aliphatic carbocycles. The monoisotopic (exact) mass is 477 g/mol. The summed E-state index contributed by atoms with van der Waals surface area (Å²) in [6.07, 6.45) is 5.72. The van der Waals surface area contributed by atoms with Crippen LogP contribution in [-0.2, 0) is 16.4 Å². The molecule has 1 fully saturated rings. The third-order valence-corrected chi connectivity index (χ3v) is 8.68. The van der Waals surface area contributed by atoms with Crippen LogP contribution in [0.15, 0.2) is 82.8 Å². The van der Waals surface area contributed by atoms with Crippen molar-refractivity contribution in [3.63, 3.8) is 0 Å². The molecule has 2 aromatic heterocycles. The molecule has 1 amide bonds. The van der Waals surface area contributed by atoms with Crippen molar-refractivity contribution in [1.82, 2.24) is 10.3 Å². The number of rotatable bonds is 6. The van der Waals surface area contributed by atoms with Crippen molar-refractivity contribution in [3.05, 3.63) is 83.5 Å². The molecule has 1 saturated heterocycles. The third kappa shape index (κ3) is 4.49. The molecule has 3 heterocycles. The minimum atomic E-state index is -3.62. The van der Waals surface area contributed by atoms with E-state index in [4.69, 9.17) is 0 Å². The molecule has 0 saturated carbocycles. The first-order chi connectivity index (χ1) is 16.0. The number of thiophene rings is 1. The molecule has 5 rings (SSSR count). The molecular weight excluding hydrogens is 454 g/mol. The van der Waals surface area contributed by atoms with Gasteiger partial charge in [-0.2, -0.15) is 0 Å². The number of pyridine rings is 1. The van der Waals surface area contributed by atoms with E-state index in [1.807, 2.05) is 18.2 Å². The van der Waals surface area contributed by atoms with E-state index < -0.39 is 9.84 Å². The molecule has 168 valence electrons. The van der Waals surface area contributed by atoms with Crippen LogP contribution in [0.2, 0.25) is 0 Å². The maximum absolute atomic E-state index is 13.2. The molecule has 33 heavy (non-hydrogen) atoms. The van der Waals surface area contributed by atoms with E-state index in [-0.39, 0.29) is 10.8 Å². The van der Waals surface area contributed by atoms with Crippen LogP contribution in [0, 0.1) is 0 Å². The van der Waals surface area contributed by atoms with Crippen LogP contribution in [-0.4, -0.2) is 32.4 Å².